The second-order valence-electron chi connectivity index (χ2n) is 15.8. The van der Waals surface area contributed by atoms with Crippen molar-refractivity contribution in [3.05, 3.63) is 212 Å². The second-order valence-corrected chi connectivity index (χ2v) is 16.9. The summed E-state index contributed by atoms with van der Waals surface area (Å²) in [7, 11) is 0. The van der Waals surface area contributed by atoms with Gasteiger partial charge in [0, 0.05) is 64.4 Å². The Hall–Kier alpha value is -7.66. The molecule has 3 aromatic heterocycles. The normalized spacial score (nSPS) is 12.0. The molecule has 0 atom stereocenters. The summed E-state index contributed by atoms with van der Waals surface area (Å²) in [6.45, 7) is 0. The SMILES string of the molecule is c1ccc(-n2c3ccccc3c3cccc(-n4c5cccc(c5)c5cccc(c5)n(-c5ccc6c(c5)sc5ccccc56)c5ccc6ccc7ccc4cc7c6c5)c32)cc1. The quantitative estimate of drug-likeness (QED) is 0.159. The molecule has 0 amide bonds. The van der Waals surface area contributed by atoms with E-state index in [0.717, 1.165) is 49.9 Å². The van der Waals surface area contributed by atoms with Crippen molar-refractivity contribution in [2.24, 2.45) is 0 Å². The number of fused-ring (bicyclic) bond motifs is 13. The Morgan fingerprint density at radius 3 is 1.63 bits per heavy atom. The van der Waals surface area contributed by atoms with Gasteiger partial charge in [-0.1, -0.05) is 121 Å². The molecule has 60 heavy (non-hydrogen) atoms. The van der Waals surface area contributed by atoms with Crippen molar-refractivity contribution in [3.63, 3.8) is 0 Å². The fraction of sp³-hybridized carbons (Fsp3) is 0. The van der Waals surface area contributed by atoms with E-state index >= 15 is 0 Å². The molecule has 13 aromatic rings. The Morgan fingerprint density at radius 1 is 0.283 bits per heavy atom. The average Bonchev–Trinajstić information content (AvgIpc) is 3.85. The van der Waals surface area contributed by atoms with Gasteiger partial charge in [0.25, 0.3) is 0 Å². The third kappa shape index (κ3) is 5.01. The van der Waals surface area contributed by atoms with Crippen LogP contribution in [0.1, 0.15) is 0 Å². The highest BCUT2D eigenvalue weighted by atomic mass is 32.1. The van der Waals surface area contributed by atoms with Crippen molar-refractivity contribution < 1.29 is 0 Å². The van der Waals surface area contributed by atoms with E-state index in [1.807, 2.05) is 11.3 Å². The number of hydrogen-bond acceptors (Lipinski definition) is 1. The van der Waals surface area contributed by atoms with Gasteiger partial charge in [0.15, 0.2) is 0 Å². The first-order valence-corrected chi connectivity index (χ1v) is 21.3. The van der Waals surface area contributed by atoms with Gasteiger partial charge in [0.1, 0.15) is 0 Å². The zero-order chi connectivity index (χ0) is 39.3. The van der Waals surface area contributed by atoms with Crippen LogP contribution in [-0.4, -0.2) is 13.7 Å². The Labute approximate surface area is 349 Å². The number of benzene rings is 10. The molecule has 0 radical (unpaired) electrons. The molecule has 0 spiro atoms. The van der Waals surface area contributed by atoms with Crippen molar-refractivity contribution >= 4 is 108 Å². The maximum atomic E-state index is 2.47. The first kappa shape index (κ1) is 33.3. The van der Waals surface area contributed by atoms with E-state index in [1.165, 1.54) is 63.5 Å². The highest BCUT2D eigenvalue weighted by molar-refractivity contribution is 7.25. The third-order valence-electron chi connectivity index (χ3n) is 12.4. The van der Waals surface area contributed by atoms with Crippen molar-refractivity contribution in [2.75, 3.05) is 0 Å². The van der Waals surface area contributed by atoms with Crippen LogP contribution in [0.2, 0.25) is 0 Å². The molecule has 0 saturated heterocycles. The zero-order valence-corrected chi connectivity index (χ0v) is 33.3. The van der Waals surface area contributed by atoms with Crippen LogP contribution in [0.15, 0.2) is 212 Å². The molecule has 0 unspecified atom stereocenters. The van der Waals surface area contributed by atoms with Gasteiger partial charge in [-0.05, 0) is 123 Å². The molecule has 3 nitrogen and oxygen atoms in total. The summed E-state index contributed by atoms with van der Waals surface area (Å²) < 4.78 is 9.93. The van der Waals surface area contributed by atoms with Crippen molar-refractivity contribution in [2.45, 2.75) is 0 Å². The van der Waals surface area contributed by atoms with E-state index in [9.17, 15) is 0 Å². The van der Waals surface area contributed by atoms with E-state index in [1.54, 1.807) is 0 Å². The molecule has 0 saturated carbocycles. The molecule has 0 fully saturated rings. The number of thiophene rings is 1. The predicted molar refractivity (Wildman–Crippen MR) is 257 cm³/mol. The molecule has 0 aliphatic carbocycles. The van der Waals surface area contributed by atoms with Gasteiger partial charge in [0.2, 0.25) is 0 Å². The lowest BCUT2D eigenvalue weighted by molar-refractivity contribution is 1.12. The molecular formula is C56H35N3S. The van der Waals surface area contributed by atoms with Crippen LogP contribution in [0.4, 0.5) is 0 Å². The Morgan fingerprint density at radius 2 is 0.867 bits per heavy atom. The van der Waals surface area contributed by atoms with Crippen LogP contribution >= 0.6 is 11.3 Å². The summed E-state index contributed by atoms with van der Waals surface area (Å²) in [6, 6.07) is 78.6. The van der Waals surface area contributed by atoms with E-state index in [4.69, 9.17) is 0 Å². The van der Waals surface area contributed by atoms with Gasteiger partial charge in [-0.3, -0.25) is 0 Å². The number of nitrogens with zero attached hydrogens (tertiary/aromatic N) is 3. The lowest BCUT2D eigenvalue weighted by Gasteiger charge is -2.17. The lowest BCUT2D eigenvalue weighted by Crippen LogP contribution is -2.02. The molecule has 4 heteroatoms. The Balaban J connectivity index is 1.19. The number of para-hydroxylation sites is 3. The predicted octanol–water partition coefficient (Wildman–Crippen LogP) is 15.6. The summed E-state index contributed by atoms with van der Waals surface area (Å²) in [6.07, 6.45) is 0. The summed E-state index contributed by atoms with van der Waals surface area (Å²) in [5, 5.41) is 12.2. The van der Waals surface area contributed by atoms with Gasteiger partial charge in [-0.15, -0.1) is 11.3 Å². The van der Waals surface area contributed by atoms with Gasteiger partial charge in [-0.2, -0.15) is 0 Å². The fourth-order valence-corrected chi connectivity index (χ4v) is 10.8. The van der Waals surface area contributed by atoms with E-state index in [0.29, 0.717) is 0 Å². The summed E-state index contributed by atoms with van der Waals surface area (Å²) in [5.74, 6) is 0. The van der Waals surface area contributed by atoms with Crippen LogP contribution in [0.3, 0.4) is 0 Å². The van der Waals surface area contributed by atoms with Crippen molar-refractivity contribution in [1.29, 1.82) is 0 Å². The van der Waals surface area contributed by atoms with E-state index in [2.05, 4.69) is 226 Å². The molecule has 280 valence electrons. The molecular weight excluding hydrogens is 747 g/mol. The largest absolute Gasteiger partial charge is 0.310 e. The minimum Gasteiger partial charge on any atom is -0.310 e. The minimum atomic E-state index is 1.10. The van der Waals surface area contributed by atoms with E-state index in [-0.39, 0.29) is 0 Å². The van der Waals surface area contributed by atoms with Gasteiger partial charge in [-0.25, -0.2) is 0 Å². The van der Waals surface area contributed by atoms with Gasteiger partial charge in [0.05, 0.1) is 16.7 Å². The maximum absolute atomic E-state index is 2.47. The first-order valence-electron chi connectivity index (χ1n) is 20.5. The van der Waals surface area contributed by atoms with Gasteiger partial charge >= 0.3 is 0 Å². The average molecular weight is 782 g/mol. The fourth-order valence-electron chi connectivity index (χ4n) is 9.71. The topological polar surface area (TPSA) is 14.8 Å². The highest BCUT2D eigenvalue weighted by Crippen LogP contribution is 2.39. The minimum absolute atomic E-state index is 1.10. The standard InChI is InChI=1S/C56H35N3S/c1-2-13-40(14-3-1)59-52-20-6-4-17-46(52)49-19-10-21-53(56(49)59)58-42-16-9-12-39(32-42)38-11-8-15-41(31-38)57(45-29-30-48-47-18-5-7-22-54(47)60-55(48)35-45)43-27-25-36-23-24-37-26-28-44(58)34-51(37)50(36)33-43/h1-35H. The monoisotopic (exact) mass is 781 g/mol. The Kier molecular flexibility index (Phi) is 7.18. The summed E-state index contributed by atoms with van der Waals surface area (Å²) in [5.41, 5.74) is 10.2. The van der Waals surface area contributed by atoms with E-state index < -0.39 is 0 Å². The summed E-state index contributed by atoms with van der Waals surface area (Å²) in [4.78, 5) is 0. The smallest absolute Gasteiger partial charge is 0.0782 e. The lowest BCUT2D eigenvalue weighted by atomic mass is 10.0. The van der Waals surface area contributed by atoms with Crippen LogP contribution in [0.25, 0.3) is 113 Å². The maximum Gasteiger partial charge on any atom is 0.0782 e. The second kappa shape index (κ2) is 12.9. The molecule has 0 N–H and O–H groups in total. The molecule has 0 aliphatic heterocycles. The van der Waals surface area contributed by atoms with Crippen molar-refractivity contribution in [1.82, 2.24) is 13.7 Å². The molecule has 8 bridgehead atoms. The zero-order valence-electron chi connectivity index (χ0n) is 32.5. The first-order chi connectivity index (χ1) is 29.7. The van der Waals surface area contributed by atoms with Crippen LogP contribution in [-0.2, 0) is 0 Å². The molecule has 0 aliphatic rings. The van der Waals surface area contributed by atoms with Gasteiger partial charge < -0.3 is 13.7 Å². The highest BCUT2D eigenvalue weighted by Gasteiger charge is 2.18. The van der Waals surface area contributed by atoms with Crippen molar-refractivity contribution in [3.8, 4) is 17.1 Å². The number of rotatable bonds is 3. The Bertz CT molecular complexity index is 3950. The van der Waals surface area contributed by atoms with Crippen LogP contribution < -0.4 is 0 Å². The van der Waals surface area contributed by atoms with Crippen LogP contribution in [0.5, 0.6) is 0 Å². The molecule has 3 heterocycles. The number of hydrogen-bond donors (Lipinski definition) is 0. The summed E-state index contributed by atoms with van der Waals surface area (Å²) >= 11 is 1.86. The van der Waals surface area contributed by atoms with Crippen LogP contribution in [0, 0.1) is 0 Å². The third-order valence-corrected chi connectivity index (χ3v) is 13.5. The molecule has 10 aromatic carbocycles. The molecule has 13 rings (SSSR count). The number of aromatic nitrogens is 3.